The smallest absolute Gasteiger partial charge is 0.227 e. The SMILES string of the molecule is C=CCn1c(C2CC(=O)N(c3ccc(OC)cc3)C2)nc2ccccc21. The number of anilines is 1. The number of amides is 1. The summed E-state index contributed by atoms with van der Waals surface area (Å²) in [6.45, 7) is 5.18. The largest absolute Gasteiger partial charge is 0.497 e. The van der Waals surface area contributed by atoms with Crippen molar-refractivity contribution in [1.29, 1.82) is 0 Å². The molecule has 1 saturated heterocycles. The standard InChI is InChI=1S/C21H21N3O2/c1-3-12-23-19-7-5-4-6-18(19)22-21(23)15-13-20(25)24(14-15)16-8-10-17(26-2)11-9-16/h3-11,15H,1,12-14H2,2H3. The molecule has 26 heavy (non-hydrogen) atoms. The van der Waals surface area contributed by atoms with E-state index in [1.807, 2.05) is 53.4 Å². The lowest BCUT2D eigenvalue weighted by Crippen LogP contribution is -2.24. The summed E-state index contributed by atoms with van der Waals surface area (Å²) in [6, 6.07) is 15.7. The van der Waals surface area contributed by atoms with Gasteiger partial charge in [-0.3, -0.25) is 4.79 Å². The Morgan fingerprint density at radius 3 is 2.73 bits per heavy atom. The van der Waals surface area contributed by atoms with Crippen LogP contribution in [0.3, 0.4) is 0 Å². The second-order valence-electron chi connectivity index (χ2n) is 6.46. The molecule has 0 aliphatic carbocycles. The molecule has 0 bridgehead atoms. The predicted octanol–water partition coefficient (Wildman–Crippen LogP) is 3.75. The van der Waals surface area contributed by atoms with Gasteiger partial charge in [-0.1, -0.05) is 18.2 Å². The van der Waals surface area contributed by atoms with Crippen LogP contribution in [0.1, 0.15) is 18.2 Å². The Bertz CT molecular complexity index is 959. The number of nitrogens with zero attached hydrogens (tertiary/aromatic N) is 3. The average Bonchev–Trinajstić information content (AvgIpc) is 3.23. The lowest BCUT2D eigenvalue weighted by Gasteiger charge is -2.17. The lowest BCUT2D eigenvalue weighted by atomic mass is 10.1. The Kier molecular flexibility index (Phi) is 4.21. The highest BCUT2D eigenvalue weighted by atomic mass is 16.5. The molecule has 1 aromatic heterocycles. The van der Waals surface area contributed by atoms with Crippen LogP contribution < -0.4 is 9.64 Å². The number of hydrogen-bond donors (Lipinski definition) is 0. The van der Waals surface area contributed by atoms with Crippen molar-refractivity contribution in [2.45, 2.75) is 18.9 Å². The van der Waals surface area contributed by atoms with E-state index in [0.29, 0.717) is 19.5 Å². The number of carbonyl (C=O) groups is 1. The van der Waals surface area contributed by atoms with Gasteiger partial charge in [0.1, 0.15) is 11.6 Å². The summed E-state index contributed by atoms with van der Waals surface area (Å²) in [5, 5.41) is 0. The van der Waals surface area contributed by atoms with Gasteiger partial charge in [0.25, 0.3) is 0 Å². The van der Waals surface area contributed by atoms with Crippen LogP contribution in [0.25, 0.3) is 11.0 Å². The molecule has 1 fully saturated rings. The first kappa shape index (κ1) is 16.4. The number of fused-ring (bicyclic) bond motifs is 1. The number of rotatable bonds is 5. The first-order valence-electron chi connectivity index (χ1n) is 8.71. The van der Waals surface area contributed by atoms with Gasteiger partial charge < -0.3 is 14.2 Å². The summed E-state index contributed by atoms with van der Waals surface area (Å²) in [6.07, 6.45) is 2.34. The van der Waals surface area contributed by atoms with Crippen molar-refractivity contribution in [2.24, 2.45) is 0 Å². The van der Waals surface area contributed by atoms with Gasteiger partial charge in [-0.05, 0) is 36.4 Å². The van der Waals surface area contributed by atoms with Crippen LogP contribution in [-0.2, 0) is 11.3 Å². The normalized spacial score (nSPS) is 17.0. The van der Waals surface area contributed by atoms with Gasteiger partial charge in [0.05, 0.1) is 18.1 Å². The molecule has 2 heterocycles. The van der Waals surface area contributed by atoms with Crippen LogP contribution in [0.4, 0.5) is 5.69 Å². The third kappa shape index (κ3) is 2.75. The summed E-state index contributed by atoms with van der Waals surface area (Å²) >= 11 is 0. The number of para-hydroxylation sites is 2. The molecular formula is C21H21N3O2. The third-order valence-corrected chi connectivity index (χ3v) is 4.87. The highest BCUT2D eigenvalue weighted by Crippen LogP contribution is 2.33. The fourth-order valence-corrected chi connectivity index (χ4v) is 3.62. The zero-order chi connectivity index (χ0) is 18.1. The molecular weight excluding hydrogens is 326 g/mol. The van der Waals surface area contributed by atoms with Crippen LogP contribution >= 0.6 is 0 Å². The monoisotopic (exact) mass is 347 g/mol. The topological polar surface area (TPSA) is 47.4 Å². The fraction of sp³-hybridized carbons (Fsp3) is 0.238. The van der Waals surface area contributed by atoms with Gasteiger partial charge in [0.2, 0.25) is 5.91 Å². The maximum absolute atomic E-state index is 12.6. The number of hydrogen-bond acceptors (Lipinski definition) is 3. The highest BCUT2D eigenvalue weighted by molar-refractivity contribution is 5.96. The Morgan fingerprint density at radius 2 is 2.00 bits per heavy atom. The quantitative estimate of drug-likeness (QED) is 0.661. The van der Waals surface area contributed by atoms with Crippen molar-refractivity contribution < 1.29 is 9.53 Å². The first-order chi connectivity index (χ1) is 12.7. The van der Waals surface area contributed by atoms with Crippen molar-refractivity contribution >= 4 is 22.6 Å². The number of allylic oxidation sites excluding steroid dienone is 1. The molecule has 1 atom stereocenters. The maximum Gasteiger partial charge on any atom is 0.227 e. The molecule has 1 amide bonds. The van der Waals surface area contributed by atoms with E-state index in [2.05, 4.69) is 17.2 Å². The number of methoxy groups -OCH3 is 1. The number of imidazole rings is 1. The molecule has 3 aromatic rings. The molecule has 1 aliphatic heterocycles. The summed E-state index contributed by atoms with van der Waals surface area (Å²) < 4.78 is 7.36. The molecule has 132 valence electrons. The van der Waals surface area contributed by atoms with Crippen molar-refractivity contribution in [1.82, 2.24) is 9.55 Å². The maximum atomic E-state index is 12.6. The van der Waals surface area contributed by atoms with E-state index in [1.54, 1.807) is 7.11 Å². The fourth-order valence-electron chi connectivity index (χ4n) is 3.62. The molecule has 0 saturated carbocycles. The van der Waals surface area contributed by atoms with E-state index in [4.69, 9.17) is 9.72 Å². The molecule has 1 aliphatic rings. The van der Waals surface area contributed by atoms with Gasteiger partial charge in [0, 0.05) is 31.1 Å². The number of ether oxygens (including phenoxy) is 1. The van der Waals surface area contributed by atoms with Crippen LogP contribution in [0.5, 0.6) is 5.75 Å². The zero-order valence-electron chi connectivity index (χ0n) is 14.8. The molecule has 0 radical (unpaired) electrons. The van der Waals surface area contributed by atoms with E-state index in [-0.39, 0.29) is 11.8 Å². The molecule has 2 aromatic carbocycles. The van der Waals surface area contributed by atoms with Crippen molar-refractivity contribution in [2.75, 3.05) is 18.6 Å². The minimum absolute atomic E-state index is 0.0666. The van der Waals surface area contributed by atoms with Crippen molar-refractivity contribution in [3.8, 4) is 5.75 Å². The average molecular weight is 347 g/mol. The molecule has 0 spiro atoms. The van der Waals surface area contributed by atoms with Gasteiger partial charge in [-0.2, -0.15) is 0 Å². The molecule has 1 unspecified atom stereocenters. The second-order valence-corrected chi connectivity index (χ2v) is 6.46. The molecule has 5 heteroatoms. The molecule has 4 rings (SSSR count). The van der Waals surface area contributed by atoms with E-state index < -0.39 is 0 Å². The minimum atomic E-state index is 0.0666. The van der Waals surface area contributed by atoms with E-state index in [1.165, 1.54) is 0 Å². The predicted molar refractivity (Wildman–Crippen MR) is 103 cm³/mol. The van der Waals surface area contributed by atoms with Gasteiger partial charge in [-0.15, -0.1) is 6.58 Å². The van der Waals surface area contributed by atoms with E-state index >= 15 is 0 Å². The summed E-state index contributed by atoms with van der Waals surface area (Å²) in [7, 11) is 1.64. The van der Waals surface area contributed by atoms with Crippen LogP contribution in [0.2, 0.25) is 0 Å². The van der Waals surface area contributed by atoms with Crippen molar-refractivity contribution in [3.63, 3.8) is 0 Å². The van der Waals surface area contributed by atoms with E-state index in [0.717, 1.165) is 28.3 Å². The Labute approximate surface area is 152 Å². The molecule has 5 nitrogen and oxygen atoms in total. The van der Waals surface area contributed by atoms with Crippen LogP contribution in [-0.4, -0.2) is 29.1 Å². The number of aromatic nitrogens is 2. The number of benzene rings is 2. The van der Waals surface area contributed by atoms with Gasteiger partial charge in [-0.25, -0.2) is 4.98 Å². The minimum Gasteiger partial charge on any atom is -0.497 e. The molecule has 0 N–H and O–H groups in total. The van der Waals surface area contributed by atoms with Gasteiger partial charge in [0.15, 0.2) is 0 Å². The zero-order valence-corrected chi connectivity index (χ0v) is 14.8. The summed E-state index contributed by atoms with van der Waals surface area (Å²) in [4.78, 5) is 19.3. The Hall–Kier alpha value is -3.08. The van der Waals surface area contributed by atoms with Crippen LogP contribution in [0, 0.1) is 0 Å². The Morgan fingerprint density at radius 1 is 1.23 bits per heavy atom. The Balaban J connectivity index is 1.67. The highest BCUT2D eigenvalue weighted by Gasteiger charge is 2.34. The first-order valence-corrected chi connectivity index (χ1v) is 8.71. The third-order valence-electron chi connectivity index (χ3n) is 4.87. The lowest BCUT2D eigenvalue weighted by molar-refractivity contribution is -0.117. The van der Waals surface area contributed by atoms with E-state index in [9.17, 15) is 4.79 Å². The van der Waals surface area contributed by atoms with Gasteiger partial charge >= 0.3 is 0 Å². The van der Waals surface area contributed by atoms with Crippen molar-refractivity contribution in [3.05, 3.63) is 67.0 Å². The second kappa shape index (κ2) is 6.67. The summed E-state index contributed by atoms with van der Waals surface area (Å²) in [5.41, 5.74) is 2.93. The number of carbonyl (C=O) groups excluding carboxylic acids is 1. The summed E-state index contributed by atoms with van der Waals surface area (Å²) in [5.74, 6) is 1.93. The van der Waals surface area contributed by atoms with Crippen LogP contribution in [0.15, 0.2) is 61.2 Å².